The first-order chi connectivity index (χ1) is 18.1. The fourth-order valence-corrected chi connectivity index (χ4v) is 4.40. The molecule has 1 saturated heterocycles. The maximum absolute atomic E-state index is 14.0. The molecule has 196 valence electrons. The average Bonchev–Trinajstić information content (AvgIpc) is 3.21. The summed E-state index contributed by atoms with van der Waals surface area (Å²) in [5.41, 5.74) is 5.16. The summed E-state index contributed by atoms with van der Waals surface area (Å²) in [6.07, 6.45) is 2.87. The molecule has 2 aromatic carbocycles. The molecule has 3 heterocycles. The van der Waals surface area contributed by atoms with Crippen molar-refractivity contribution in [3.63, 3.8) is 0 Å². The number of carbonyl (C=O) groups is 1. The molecular weight excluding hydrogens is 518 g/mol. The number of anilines is 1. The van der Waals surface area contributed by atoms with Crippen molar-refractivity contribution in [3.8, 4) is 17.2 Å². The highest BCUT2D eigenvalue weighted by Gasteiger charge is 2.44. The molecule has 0 aliphatic carbocycles. The Morgan fingerprint density at radius 2 is 1.87 bits per heavy atom. The van der Waals surface area contributed by atoms with Gasteiger partial charge in [0.1, 0.15) is 35.3 Å². The average molecular weight is 541 g/mol. The molecule has 9 nitrogen and oxygen atoms in total. The van der Waals surface area contributed by atoms with Crippen LogP contribution in [-0.4, -0.2) is 38.3 Å². The summed E-state index contributed by atoms with van der Waals surface area (Å²) in [5, 5.41) is 4.27. The fourth-order valence-electron chi connectivity index (χ4n) is 4.19. The highest BCUT2D eigenvalue weighted by molar-refractivity contribution is 6.32. The minimum absolute atomic E-state index is 0.215. The molecule has 0 bridgehead atoms. The summed E-state index contributed by atoms with van der Waals surface area (Å²) in [6.45, 7) is 4.25. The van der Waals surface area contributed by atoms with Gasteiger partial charge < -0.3 is 15.4 Å². The van der Waals surface area contributed by atoms with E-state index >= 15 is 0 Å². The topological polar surface area (TPSA) is 108 Å². The maximum Gasteiger partial charge on any atom is 0.350 e. The van der Waals surface area contributed by atoms with E-state index in [0.717, 1.165) is 26.9 Å². The highest BCUT2D eigenvalue weighted by atomic mass is 35.5. The molecule has 1 amide bonds. The van der Waals surface area contributed by atoms with Crippen molar-refractivity contribution >= 4 is 23.3 Å². The zero-order valence-corrected chi connectivity index (χ0v) is 21.2. The van der Waals surface area contributed by atoms with Crippen LogP contribution in [0, 0.1) is 24.0 Å². The predicted octanol–water partition coefficient (Wildman–Crippen LogP) is 3.82. The Kier molecular flexibility index (Phi) is 6.39. The van der Waals surface area contributed by atoms with Gasteiger partial charge in [0.25, 0.3) is 0 Å². The van der Waals surface area contributed by atoms with Crippen LogP contribution in [0.15, 0.2) is 59.8 Å². The van der Waals surface area contributed by atoms with Crippen LogP contribution in [0.2, 0.25) is 5.02 Å². The van der Waals surface area contributed by atoms with Crippen LogP contribution in [0.3, 0.4) is 0 Å². The third-order valence-corrected chi connectivity index (χ3v) is 6.84. The molecule has 0 unspecified atom stereocenters. The Morgan fingerprint density at radius 1 is 1.16 bits per heavy atom. The minimum atomic E-state index is -0.750. The number of nitrogens with zero attached hydrogens (tertiary/aromatic N) is 5. The molecule has 1 fully saturated rings. The van der Waals surface area contributed by atoms with Gasteiger partial charge in [0.05, 0.1) is 22.7 Å². The standard InChI is InChI=1S/C26H23ClF2N6O3/c1-15-10-31-23(34-12-26(2,13-34)24(30)36)9-22(15)38-21-7-6-16(8-18(21)27)35-25(37)33(14-32-35)11-17-19(28)4-3-5-20(17)29/h3-10,14H,11-13H2,1-2H3,(H2,30,36). The normalized spacial score (nSPS) is 14.3. The molecule has 2 N–H and O–H groups in total. The minimum Gasteiger partial charge on any atom is -0.455 e. The van der Waals surface area contributed by atoms with E-state index in [1.807, 2.05) is 18.7 Å². The Labute approximate surface area is 221 Å². The second-order valence-electron chi connectivity index (χ2n) is 9.46. The van der Waals surface area contributed by atoms with E-state index in [1.54, 1.807) is 24.4 Å². The summed E-state index contributed by atoms with van der Waals surface area (Å²) < 4.78 is 36.3. The van der Waals surface area contributed by atoms with Gasteiger partial charge in [0.15, 0.2) is 0 Å². The molecule has 4 aromatic rings. The van der Waals surface area contributed by atoms with Crippen molar-refractivity contribution in [1.82, 2.24) is 19.3 Å². The van der Waals surface area contributed by atoms with Crippen molar-refractivity contribution < 1.29 is 18.3 Å². The number of aryl methyl sites for hydroxylation is 1. The molecule has 0 saturated carbocycles. The number of aromatic nitrogens is 4. The second kappa shape index (κ2) is 9.56. The summed E-state index contributed by atoms with van der Waals surface area (Å²) in [4.78, 5) is 30.8. The van der Waals surface area contributed by atoms with Crippen LogP contribution in [0.1, 0.15) is 18.1 Å². The third-order valence-electron chi connectivity index (χ3n) is 6.54. The number of primary amides is 1. The van der Waals surface area contributed by atoms with Crippen molar-refractivity contribution in [2.24, 2.45) is 11.1 Å². The van der Waals surface area contributed by atoms with Gasteiger partial charge in [-0.1, -0.05) is 17.7 Å². The Bertz CT molecular complexity index is 1590. The van der Waals surface area contributed by atoms with Crippen LogP contribution < -0.4 is 21.1 Å². The van der Waals surface area contributed by atoms with E-state index in [-0.39, 0.29) is 23.0 Å². The second-order valence-corrected chi connectivity index (χ2v) is 9.87. The third kappa shape index (κ3) is 4.60. The summed E-state index contributed by atoms with van der Waals surface area (Å²) in [5.74, 6) is -0.361. The molecule has 0 atom stereocenters. The smallest absolute Gasteiger partial charge is 0.350 e. The van der Waals surface area contributed by atoms with Crippen molar-refractivity contribution in [1.29, 1.82) is 0 Å². The monoisotopic (exact) mass is 540 g/mol. The molecule has 1 aliphatic rings. The van der Waals surface area contributed by atoms with Crippen LogP contribution >= 0.6 is 11.6 Å². The van der Waals surface area contributed by atoms with Gasteiger partial charge in [0, 0.05) is 36.5 Å². The highest BCUT2D eigenvalue weighted by Crippen LogP contribution is 2.37. The van der Waals surface area contributed by atoms with Crippen molar-refractivity contribution in [3.05, 3.63) is 93.3 Å². The first kappa shape index (κ1) is 25.4. The van der Waals surface area contributed by atoms with Crippen LogP contribution in [0.4, 0.5) is 14.6 Å². The van der Waals surface area contributed by atoms with Crippen LogP contribution in [0.5, 0.6) is 11.5 Å². The SMILES string of the molecule is Cc1cnc(N2CC(C)(C(N)=O)C2)cc1Oc1ccc(-n2ncn(Cc3c(F)cccc3F)c2=O)cc1Cl. The maximum atomic E-state index is 14.0. The van der Waals surface area contributed by atoms with E-state index in [1.165, 1.54) is 18.5 Å². The van der Waals surface area contributed by atoms with Gasteiger partial charge in [-0.3, -0.25) is 9.36 Å². The Hall–Kier alpha value is -4.25. The molecule has 0 radical (unpaired) electrons. The molecule has 5 rings (SSSR count). The first-order valence-electron chi connectivity index (χ1n) is 11.6. The van der Waals surface area contributed by atoms with Crippen molar-refractivity contribution in [2.45, 2.75) is 20.4 Å². The lowest BCUT2D eigenvalue weighted by Crippen LogP contribution is -2.61. The molecule has 2 aromatic heterocycles. The number of hydrogen-bond acceptors (Lipinski definition) is 6. The fraction of sp³-hybridized carbons (Fsp3) is 0.231. The van der Waals surface area contributed by atoms with E-state index in [2.05, 4.69) is 10.1 Å². The lowest BCUT2D eigenvalue weighted by Gasteiger charge is -2.46. The van der Waals surface area contributed by atoms with Gasteiger partial charge in [-0.15, -0.1) is 0 Å². The van der Waals surface area contributed by atoms with E-state index in [9.17, 15) is 18.4 Å². The van der Waals surface area contributed by atoms with Gasteiger partial charge in [-0.05, 0) is 44.2 Å². The molecular formula is C26H23ClF2N6O3. The largest absolute Gasteiger partial charge is 0.455 e. The molecule has 0 spiro atoms. The van der Waals surface area contributed by atoms with Crippen LogP contribution in [-0.2, 0) is 11.3 Å². The molecule has 38 heavy (non-hydrogen) atoms. The summed E-state index contributed by atoms with van der Waals surface area (Å²) >= 11 is 6.47. The summed E-state index contributed by atoms with van der Waals surface area (Å²) in [7, 11) is 0. The van der Waals surface area contributed by atoms with E-state index < -0.39 is 22.7 Å². The number of rotatable bonds is 7. The number of amides is 1. The van der Waals surface area contributed by atoms with Gasteiger partial charge in [0.2, 0.25) is 5.91 Å². The number of carbonyl (C=O) groups excluding carboxylic acids is 1. The number of ether oxygens (including phenoxy) is 1. The number of hydrogen-bond donors (Lipinski definition) is 1. The van der Waals surface area contributed by atoms with E-state index in [4.69, 9.17) is 22.1 Å². The van der Waals surface area contributed by atoms with Crippen LogP contribution in [0.25, 0.3) is 5.69 Å². The number of benzene rings is 2. The zero-order valence-electron chi connectivity index (χ0n) is 20.5. The van der Waals surface area contributed by atoms with Gasteiger partial charge in [-0.2, -0.15) is 9.78 Å². The lowest BCUT2D eigenvalue weighted by atomic mass is 9.81. The Balaban J connectivity index is 1.35. The molecule has 1 aliphatic heterocycles. The number of halogens is 3. The van der Waals surface area contributed by atoms with Gasteiger partial charge >= 0.3 is 5.69 Å². The first-order valence-corrected chi connectivity index (χ1v) is 12.0. The number of nitrogens with two attached hydrogens (primary N) is 1. The van der Waals surface area contributed by atoms with Gasteiger partial charge in [-0.25, -0.2) is 18.6 Å². The zero-order chi connectivity index (χ0) is 27.2. The number of pyridine rings is 1. The summed E-state index contributed by atoms with van der Waals surface area (Å²) in [6, 6.07) is 9.95. The predicted molar refractivity (Wildman–Crippen MR) is 137 cm³/mol. The van der Waals surface area contributed by atoms with Crippen molar-refractivity contribution in [2.75, 3.05) is 18.0 Å². The quantitative estimate of drug-likeness (QED) is 0.382. The lowest BCUT2D eigenvalue weighted by molar-refractivity contribution is -0.128. The van der Waals surface area contributed by atoms with E-state index in [0.29, 0.717) is 36.1 Å². The molecule has 12 heteroatoms. The Morgan fingerprint density at radius 3 is 2.53 bits per heavy atom.